The van der Waals surface area contributed by atoms with Crippen molar-refractivity contribution in [2.45, 2.75) is 30.8 Å². The van der Waals surface area contributed by atoms with Crippen LogP contribution in [0, 0.1) is 0 Å². The molecule has 2 heterocycles. The number of rotatable bonds is 0. The summed E-state index contributed by atoms with van der Waals surface area (Å²) >= 11 is 0. The zero-order valence-corrected chi connectivity index (χ0v) is 8.79. The molecule has 1 saturated heterocycles. The van der Waals surface area contributed by atoms with Crippen molar-refractivity contribution in [2.75, 3.05) is 20.1 Å². The second kappa shape index (κ2) is 2.94. The quantitative estimate of drug-likeness (QED) is 0.619. The Morgan fingerprint density at radius 1 is 1.57 bits per heavy atom. The number of nitrogens with zero attached hydrogens (tertiary/aromatic N) is 1. The molecule has 1 N–H and O–H groups in total. The van der Waals surface area contributed by atoms with E-state index in [-0.39, 0.29) is 0 Å². The molecule has 2 aliphatic heterocycles. The number of nitrogens with one attached hydrogen (secondary N) is 1. The number of hydrogen-bond donors (Lipinski definition) is 1. The molecule has 0 amide bonds. The average Bonchev–Trinajstić information content (AvgIpc) is 2.55. The SMILES string of the molecule is CN1CC[C@H]2NCC=C3C=CCC[C@@]321. The largest absolute Gasteiger partial charge is 0.308 e. The highest BCUT2D eigenvalue weighted by atomic mass is 15.3. The lowest BCUT2D eigenvalue weighted by Crippen LogP contribution is -2.58. The van der Waals surface area contributed by atoms with Gasteiger partial charge in [0.2, 0.25) is 0 Å². The summed E-state index contributed by atoms with van der Waals surface area (Å²) in [6.45, 7) is 2.29. The molecule has 1 spiro atoms. The molecule has 0 aromatic rings. The van der Waals surface area contributed by atoms with Gasteiger partial charge in [-0.3, -0.25) is 4.90 Å². The van der Waals surface area contributed by atoms with Crippen LogP contribution in [0.3, 0.4) is 0 Å². The van der Waals surface area contributed by atoms with E-state index in [1.54, 1.807) is 5.57 Å². The molecule has 76 valence electrons. The van der Waals surface area contributed by atoms with Crippen molar-refractivity contribution in [1.82, 2.24) is 10.2 Å². The van der Waals surface area contributed by atoms with Gasteiger partial charge >= 0.3 is 0 Å². The van der Waals surface area contributed by atoms with Crippen molar-refractivity contribution in [3.63, 3.8) is 0 Å². The van der Waals surface area contributed by atoms with E-state index in [1.165, 1.54) is 25.8 Å². The first-order valence-corrected chi connectivity index (χ1v) is 5.66. The Morgan fingerprint density at radius 3 is 3.43 bits per heavy atom. The Labute approximate surface area is 85.7 Å². The Morgan fingerprint density at radius 2 is 2.50 bits per heavy atom. The van der Waals surface area contributed by atoms with Gasteiger partial charge in [0, 0.05) is 19.1 Å². The van der Waals surface area contributed by atoms with Gasteiger partial charge in [-0.25, -0.2) is 0 Å². The Kier molecular flexibility index (Phi) is 1.83. The average molecular weight is 190 g/mol. The van der Waals surface area contributed by atoms with Crippen LogP contribution in [-0.4, -0.2) is 36.6 Å². The van der Waals surface area contributed by atoms with Crippen LogP contribution in [0.1, 0.15) is 19.3 Å². The zero-order chi connectivity index (χ0) is 9.60. The van der Waals surface area contributed by atoms with Crippen molar-refractivity contribution in [3.8, 4) is 0 Å². The molecule has 1 aliphatic carbocycles. The summed E-state index contributed by atoms with van der Waals surface area (Å²) in [6, 6.07) is 0.692. The van der Waals surface area contributed by atoms with Gasteiger partial charge in [0.25, 0.3) is 0 Å². The molecule has 2 atom stereocenters. The third-order valence-electron chi connectivity index (χ3n) is 4.19. The lowest BCUT2D eigenvalue weighted by atomic mass is 9.74. The lowest BCUT2D eigenvalue weighted by molar-refractivity contribution is 0.167. The number of hydrogen-bond acceptors (Lipinski definition) is 2. The van der Waals surface area contributed by atoms with Gasteiger partial charge in [-0.05, 0) is 31.9 Å². The molecule has 2 nitrogen and oxygen atoms in total. The lowest BCUT2D eigenvalue weighted by Gasteiger charge is -2.46. The first-order valence-electron chi connectivity index (χ1n) is 5.66. The standard InChI is InChI=1S/C12H18N2/c1-14-9-6-11-12(14)7-3-2-4-10(12)5-8-13-11/h2,4-5,11,13H,3,6-9H2,1H3/t11-,12-/m1/s1. The van der Waals surface area contributed by atoms with Crippen LogP contribution in [0.4, 0.5) is 0 Å². The fraction of sp³-hybridized carbons (Fsp3) is 0.667. The molecular weight excluding hydrogens is 172 g/mol. The third-order valence-corrected chi connectivity index (χ3v) is 4.19. The molecule has 0 aromatic heterocycles. The summed E-state index contributed by atoms with van der Waals surface area (Å²) in [7, 11) is 2.28. The van der Waals surface area contributed by atoms with Gasteiger partial charge in [0.05, 0.1) is 5.54 Å². The van der Waals surface area contributed by atoms with Crippen LogP contribution in [0.5, 0.6) is 0 Å². The van der Waals surface area contributed by atoms with Crippen LogP contribution >= 0.6 is 0 Å². The minimum absolute atomic E-state index is 0.340. The van der Waals surface area contributed by atoms with E-state index in [1.807, 2.05) is 0 Å². The van der Waals surface area contributed by atoms with Crippen molar-refractivity contribution >= 4 is 0 Å². The third kappa shape index (κ3) is 0.931. The number of likely N-dealkylation sites (N-methyl/N-ethyl adjacent to an activating group) is 1. The van der Waals surface area contributed by atoms with Gasteiger partial charge in [0.15, 0.2) is 0 Å². The van der Waals surface area contributed by atoms with Gasteiger partial charge in [-0.2, -0.15) is 0 Å². The first kappa shape index (κ1) is 8.69. The second-order valence-electron chi connectivity index (χ2n) is 4.70. The minimum atomic E-state index is 0.340. The van der Waals surface area contributed by atoms with Crippen LogP contribution < -0.4 is 5.32 Å². The number of likely N-dealkylation sites (tertiary alicyclic amines) is 1. The van der Waals surface area contributed by atoms with E-state index in [4.69, 9.17) is 0 Å². The van der Waals surface area contributed by atoms with Gasteiger partial charge in [-0.1, -0.05) is 18.2 Å². The highest BCUT2D eigenvalue weighted by molar-refractivity contribution is 5.40. The van der Waals surface area contributed by atoms with Gasteiger partial charge in [-0.15, -0.1) is 0 Å². The van der Waals surface area contributed by atoms with E-state index in [9.17, 15) is 0 Å². The van der Waals surface area contributed by atoms with E-state index in [0.29, 0.717) is 11.6 Å². The topological polar surface area (TPSA) is 15.3 Å². The molecular formula is C12H18N2. The second-order valence-corrected chi connectivity index (χ2v) is 4.70. The van der Waals surface area contributed by atoms with E-state index in [0.717, 1.165) is 6.54 Å². The van der Waals surface area contributed by atoms with Gasteiger partial charge in [0.1, 0.15) is 0 Å². The summed E-state index contributed by atoms with van der Waals surface area (Å²) < 4.78 is 0. The molecule has 2 heteroatoms. The fourth-order valence-corrected chi connectivity index (χ4v) is 3.44. The van der Waals surface area contributed by atoms with E-state index < -0.39 is 0 Å². The summed E-state index contributed by atoms with van der Waals surface area (Å²) in [5, 5.41) is 3.65. The summed E-state index contributed by atoms with van der Waals surface area (Å²) in [5.74, 6) is 0. The maximum atomic E-state index is 3.65. The molecule has 3 rings (SSSR count). The number of allylic oxidation sites excluding steroid dienone is 1. The molecule has 3 aliphatic rings. The minimum Gasteiger partial charge on any atom is -0.308 e. The summed E-state index contributed by atoms with van der Waals surface area (Å²) in [4.78, 5) is 2.55. The highest BCUT2D eigenvalue weighted by Gasteiger charge is 2.50. The van der Waals surface area contributed by atoms with Gasteiger partial charge < -0.3 is 5.32 Å². The first-order chi connectivity index (χ1) is 6.84. The molecule has 0 radical (unpaired) electrons. The molecule has 0 aromatic carbocycles. The zero-order valence-electron chi connectivity index (χ0n) is 8.79. The maximum absolute atomic E-state index is 3.65. The maximum Gasteiger partial charge on any atom is 0.0613 e. The molecule has 0 bridgehead atoms. The predicted octanol–water partition coefficient (Wildman–Crippen LogP) is 1.31. The van der Waals surface area contributed by atoms with Crippen LogP contribution in [0.15, 0.2) is 23.8 Å². The smallest absolute Gasteiger partial charge is 0.0613 e. The Bertz CT molecular complexity index is 305. The van der Waals surface area contributed by atoms with Crippen molar-refractivity contribution in [3.05, 3.63) is 23.8 Å². The molecule has 0 saturated carbocycles. The molecule has 14 heavy (non-hydrogen) atoms. The van der Waals surface area contributed by atoms with E-state index in [2.05, 4.69) is 35.5 Å². The predicted molar refractivity (Wildman–Crippen MR) is 58.2 cm³/mol. The normalized spacial score (nSPS) is 41.8. The van der Waals surface area contributed by atoms with Crippen LogP contribution in [0.2, 0.25) is 0 Å². The molecule has 1 fully saturated rings. The molecule has 0 unspecified atom stereocenters. The summed E-state index contributed by atoms with van der Waals surface area (Å²) in [6.07, 6.45) is 10.9. The Balaban J connectivity index is 2.09. The van der Waals surface area contributed by atoms with Crippen molar-refractivity contribution in [2.24, 2.45) is 0 Å². The van der Waals surface area contributed by atoms with Crippen molar-refractivity contribution < 1.29 is 0 Å². The van der Waals surface area contributed by atoms with Crippen LogP contribution in [-0.2, 0) is 0 Å². The Hall–Kier alpha value is -0.600. The fourth-order valence-electron chi connectivity index (χ4n) is 3.44. The van der Waals surface area contributed by atoms with Crippen molar-refractivity contribution in [1.29, 1.82) is 0 Å². The van der Waals surface area contributed by atoms with Crippen LogP contribution in [0.25, 0.3) is 0 Å². The van der Waals surface area contributed by atoms with E-state index >= 15 is 0 Å². The monoisotopic (exact) mass is 190 g/mol. The summed E-state index contributed by atoms with van der Waals surface area (Å²) in [5.41, 5.74) is 1.90. The highest BCUT2D eigenvalue weighted by Crippen LogP contribution is 2.43.